The first-order valence-corrected chi connectivity index (χ1v) is 13.8. The minimum Gasteiger partial charge on any atom is -0.310 e. The number of hydrogen-bond donors (Lipinski definition) is 2. The van der Waals surface area contributed by atoms with E-state index in [2.05, 4.69) is 146 Å². The smallest absolute Gasteiger partial charge is 0.0291 e. The molecule has 0 fully saturated rings. The third-order valence-electron chi connectivity index (χ3n) is 7.43. The number of nitrogens with one attached hydrogen (secondary N) is 2. The van der Waals surface area contributed by atoms with Gasteiger partial charge in [0.25, 0.3) is 0 Å². The van der Waals surface area contributed by atoms with Crippen molar-refractivity contribution >= 4 is 0 Å². The second kappa shape index (κ2) is 14.5. The van der Waals surface area contributed by atoms with E-state index in [0.717, 1.165) is 25.9 Å². The predicted octanol–water partition coefficient (Wildman–Crippen LogP) is 7.80. The molecule has 0 aliphatic heterocycles. The second-order valence-corrected chi connectivity index (χ2v) is 10.4. The van der Waals surface area contributed by atoms with Crippen LogP contribution in [0.3, 0.4) is 0 Å². The van der Waals surface area contributed by atoms with Gasteiger partial charge in [0.1, 0.15) is 0 Å². The fourth-order valence-corrected chi connectivity index (χ4v) is 5.25. The Morgan fingerprint density at radius 2 is 0.784 bits per heavy atom. The molecule has 0 aliphatic carbocycles. The summed E-state index contributed by atoms with van der Waals surface area (Å²) in [5, 5.41) is 7.72. The van der Waals surface area contributed by atoms with Crippen molar-refractivity contribution in [3.05, 3.63) is 144 Å². The van der Waals surface area contributed by atoms with Crippen molar-refractivity contribution in [2.75, 3.05) is 13.1 Å². The molecular weight excluding hydrogens is 448 g/mol. The Labute approximate surface area is 224 Å². The van der Waals surface area contributed by atoms with Gasteiger partial charge in [0.15, 0.2) is 0 Å². The lowest BCUT2D eigenvalue weighted by Crippen LogP contribution is -2.32. The van der Waals surface area contributed by atoms with Crippen LogP contribution >= 0.6 is 0 Å². The second-order valence-electron chi connectivity index (χ2n) is 10.4. The fraction of sp³-hybridized carbons (Fsp3) is 0.314. The van der Waals surface area contributed by atoms with Crippen LogP contribution in [0.1, 0.15) is 54.6 Å². The normalized spacial score (nSPS) is 14.5. The summed E-state index contributed by atoms with van der Waals surface area (Å²) in [4.78, 5) is 0. The zero-order valence-corrected chi connectivity index (χ0v) is 22.4. The summed E-state index contributed by atoms with van der Waals surface area (Å²) in [6, 6.07) is 44.2. The van der Waals surface area contributed by atoms with E-state index in [-0.39, 0.29) is 0 Å². The summed E-state index contributed by atoms with van der Waals surface area (Å²) in [6.07, 6.45) is 3.36. The third kappa shape index (κ3) is 9.00. The lowest BCUT2D eigenvalue weighted by atomic mass is 9.85. The molecule has 2 nitrogen and oxygen atoms in total. The van der Waals surface area contributed by atoms with Gasteiger partial charge in [0.2, 0.25) is 0 Å². The van der Waals surface area contributed by atoms with Crippen LogP contribution in [-0.4, -0.2) is 13.1 Å². The summed E-state index contributed by atoms with van der Waals surface area (Å²) in [5.41, 5.74) is 5.54. The molecule has 2 N–H and O–H groups in total. The van der Waals surface area contributed by atoms with Crippen molar-refractivity contribution < 1.29 is 0 Å². The Balaban J connectivity index is 1.46. The molecular formula is C35H42N2. The van der Waals surface area contributed by atoms with Gasteiger partial charge in [-0.2, -0.15) is 0 Å². The quantitative estimate of drug-likeness (QED) is 0.188. The highest BCUT2D eigenvalue weighted by atomic mass is 14.9. The molecule has 0 amide bonds. The highest BCUT2D eigenvalue weighted by Crippen LogP contribution is 2.23. The average molecular weight is 491 g/mol. The minimum atomic E-state index is 0.336. The molecule has 0 unspecified atom stereocenters. The molecule has 0 radical (unpaired) electrons. The first-order valence-electron chi connectivity index (χ1n) is 13.8. The molecule has 0 bridgehead atoms. The van der Waals surface area contributed by atoms with Gasteiger partial charge in [-0.25, -0.2) is 0 Å². The molecule has 0 heterocycles. The SMILES string of the molecule is C[C@H](NC[C@@H](Cc1ccccc1)C[C@@H](CN[C@@H](C)c1ccccc1)Cc1ccccc1)c1ccccc1. The molecule has 192 valence electrons. The molecule has 4 atom stereocenters. The molecule has 4 rings (SSSR count). The van der Waals surface area contributed by atoms with Gasteiger partial charge >= 0.3 is 0 Å². The molecule has 37 heavy (non-hydrogen) atoms. The van der Waals surface area contributed by atoms with Crippen LogP contribution in [0.15, 0.2) is 121 Å². The van der Waals surface area contributed by atoms with Crippen molar-refractivity contribution in [1.29, 1.82) is 0 Å². The highest BCUT2D eigenvalue weighted by Gasteiger charge is 2.20. The van der Waals surface area contributed by atoms with E-state index in [1.807, 2.05) is 0 Å². The summed E-state index contributed by atoms with van der Waals surface area (Å²) in [6.45, 7) is 6.56. The maximum Gasteiger partial charge on any atom is 0.0291 e. The first kappa shape index (κ1) is 26.9. The lowest BCUT2D eigenvalue weighted by molar-refractivity contribution is 0.322. The number of benzene rings is 4. The summed E-state index contributed by atoms with van der Waals surface area (Å²) in [7, 11) is 0. The van der Waals surface area contributed by atoms with Crippen LogP contribution in [-0.2, 0) is 12.8 Å². The molecule has 0 aliphatic rings. The number of hydrogen-bond acceptors (Lipinski definition) is 2. The van der Waals surface area contributed by atoms with E-state index in [1.165, 1.54) is 28.7 Å². The molecule has 0 saturated carbocycles. The van der Waals surface area contributed by atoms with Crippen LogP contribution < -0.4 is 10.6 Å². The van der Waals surface area contributed by atoms with Gasteiger partial charge < -0.3 is 10.6 Å². The van der Waals surface area contributed by atoms with Crippen molar-refractivity contribution in [3.8, 4) is 0 Å². The van der Waals surface area contributed by atoms with E-state index in [1.54, 1.807) is 0 Å². The van der Waals surface area contributed by atoms with Crippen LogP contribution in [0.2, 0.25) is 0 Å². The average Bonchev–Trinajstić information content (AvgIpc) is 2.96. The Kier molecular flexibility index (Phi) is 10.5. The molecule has 0 aromatic heterocycles. The van der Waals surface area contributed by atoms with Crippen molar-refractivity contribution in [3.63, 3.8) is 0 Å². The monoisotopic (exact) mass is 490 g/mol. The standard InChI is InChI=1S/C35H42N2/c1-28(34-19-11-5-12-20-34)36-26-32(23-30-15-7-3-8-16-30)25-33(24-31-17-9-4-10-18-31)27-37-29(2)35-21-13-6-14-22-35/h3-22,28-29,32-33,36-37H,23-27H2,1-2H3/t28-,29-,32-,33-/m0/s1. The molecule has 4 aromatic carbocycles. The minimum absolute atomic E-state index is 0.336. The zero-order chi connectivity index (χ0) is 25.7. The van der Waals surface area contributed by atoms with E-state index < -0.39 is 0 Å². The van der Waals surface area contributed by atoms with E-state index in [9.17, 15) is 0 Å². The van der Waals surface area contributed by atoms with E-state index in [4.69, 9.17) is 0 Å². The highest BCUT2D eigenvalue weighted by molar-refractivity contribution is 5.20. The van der Waals surface area contributed by atoms with Crippen molar-refractivity contribution in [1.82, 2.24) is 10.6 Å². The number of rotatable bonds is 14. The molecule has 0 spiro atoms. The van der Waals surface area contributed by atoms with Crippen molar-refractivity contribution in [2.45, 2.75) is 45.2 Å². The molecule has 4 aromatic rings. The Morgan fingerprint density at radius 1 is 0.459 bits per heavy atom. The third-order valence-corrected chi connectivity index (χ3v) is 7.43. The van der Waals surface area contributed by atoms with Gasteiger partial charge in [0.05, 0.1) is 0 Å². The summed E-state index contributed by atoms with van der Waals surface area (Å²) >= 11 is 0. The Morgan fingerprint density at radius 3 is 1.14 bits per heavy atom. The molecule has 0 saturated heterocycles. The van der Waals surface area contributed by atoms with E-state index in [0.29, 0.717) is 23.9 Å². The fourth-order valence-electron chi connectivity index (χ4n) is 5.25. The first-order chi connectivity index (χ1) is 18.2. The summed E-state index contributed by atoms with van der Waals surface area (Å²) in [5.74, 6) is 1.10. The van der Waals surface area contributed by atoms with Gasteiger partial charge in [-0.3, -0.25) is 0 Å². The van der Waals surface area contributed by atoms with Gasteiger partial charge in [-0.05, 0) is 80.3 Å². The maximum atomic E-state index is 3.86. The zero-order valence-electron chi connectivity index (χ0n) is 22.4. The largest absolute Gasteiger partial charge is 0.310 e. The topological polar surface area (TPSA) is 24.1 Å². The lowest BCUT2D eigenvalue weighted by Gasteiger charge is -2.27. The van der Waals surface area contributed by atoms with E-state index >= 15 is 0 Å². The van der Waals surface area contributed by atoms with Gasteiger partial charge in [0, 0.05) is 12.1 Å². The van der Waals surface area contributed by atoms with Crippen LogP contribution in [0.5, 0.6) is 0 Å². The molecule has 2 heteroatoms. The van der Waals surface area contributed by atoms with Gasteiger partial charge in [-0.15, -0.1) is 0 Å². The summed E-state index contributed by atoms with van der Waals surface area (Å²) < 4.78 is 0. The van der Waals surface area contributed by atoms with Crippen LogP contribution in [0.25, 0.3) is 0 Å². The maximum absolute atomic E-state index is 3.86. The Bertz CT molecular complexity index is 1040. The Hall–Kier alpha value is -3.20. The van der Waals surface area contributed by atoms with Crippen LogP contribution in [0.4, 0.5) is 0 Å². The van der Waals surface area contributed by atoms with Crippen molar-refractivity contribution in [2.24, 2.45) is 11.8 Å². The predicted molar refractivity (Wildman–Crippen MR) is 158 cm³/mol. The van der Waals surface area contributed by atoms with Gasteiger partial charge in [-0.1, -0.05) is 121 Å². The van der Waals surface area contributed by atoms with Crippen LogP contribution in [0, 0.1) is 11.8 Å².